The molecule has 0 fully saturated rings. The standard InChI is InChI=1S/C12H12N3.CHF3O3S/c1-10-4-3-5-11(6-10)15-8-12(7-13)14(2)9-15;2-1(3,4)8(5,6)7/h3-6,8-9H,1-2H3;(H,5,6,7)/q+1;/p-1. The van der Waals surface area contributed by atoms with Crippen LogP contribution in [-0.4, -0.2) is 23.0 Å². The lowest BCUT2D eigenvalue weighted by Crippen LogP contribution is -2.28. The molecule has 0 aliphatic heterocycles. The molecule has 0 N–H and O–H groups in total. The van der Waals surface area contributed by atoms with E-state index in [1.165, 1.54) is 5.56 Å². The number of rotatable bonds is 1. The van der Waals surface area contributed by atoms with Crippen LogP contribution in [0.3, 0.4) is 0 Å². The Morgan fingerprint density at radius 2 is 1.91 bits per heavy atom. The largest absolute Gasteiger partial charge is 0.741 e. The molecule has 6 nitrogen and oxygen atoms in total. The molecule has 0 spiro atoms. The second-order valence-electron chi connectivity index (χ2n) is 4.50. The first-order chi connectivity index (χ1) is 10.5. The highest BCUT2D eigenvalue weighted by atomic mass is 32.2. The molecule has 23 heavy (non-hydrogen) atoms. The van der Waals surface area contributed by atoms with Crippen LogP contribution in [0, 0.1) is 18.3 Å². The molecule has 0 aliphatic carbocycles. The van der Waals surface area contributed by atoms with Crippen molar-refractivity contribution < 1.29 is 30.7 Å². The van der Waals surface area contributed by atoms with Gasteiger partial charge in [-0.05, 0) is 24.6 Å². The van der Waals surface area contributed by atoms with E-state index in [0.717, 1.165) is 5.69 Å². The summed E-state index contributed by atoms with van der Waals surface area (Å²) in [6.07, 6.45) is 3.72. The molecular formula is C13H12F3N3O3S. The average molecular weight is 347 g/mol. The SMILES string of the molecule is Cc1cccc(-n2cc(C#N)[n+](C)c2)c1.O=S(=O)([O-])C(F)(F)F. The van der Waals surface area contributed by atoms with E-state index in [4.69, 9.17) is 18.2 Å². The second-order valence-corrected chi connectivity index (χ2v) is 5.87. The quantitative estimate of drug-likeness (QED) is 0.444. The second kappa shape index (κ2) is 6.80. The highest BCUT2D eigenvalue weighted by Gasteiger charge is 2.36. The molecule has 124 valence electrons. The van der Waals surface area contributed by atoms with Crippen LogP contribution in [0.15, 0.2) is 36.8 Å². The Morgan fingerprint density at radius 3 is 2.30 bits per heavy atom. The number of nitriles is 1. The van der Waals surface area contributed by atoms with Crippen molar-refractivity contribution in [3.8, 4) is 11.8 Å². The number of aromatic nitrogens is 2. The maximum Gasteiger partial charge on any atom is 0.485 e. The van der Waals surface area contributed by atoms with E-state index in [2.05, 4.69) is 25.1 Å². The van der Waals surface area contributed by atoms with Gasteiger partial charge < -0.3 is 4.55 Å². The van der Waals surface area contributed by atoms with Crippen molar-refractivity contribution in [2.45, 2.75) is 12.4 Å². The van der Waals surface area contributed by atoms with Gasteiger partial charge in [-0.1, -0.05) is 12.1 Å². The van der Waals surface area contributed by atoms with Crippen molar-refractivity contribution in [1.29, 1.82) is 5.26 Å². The van der Waals surface area contributed by atoms with Crippen molar-refractivity contribution >= 4 is 10.1 Å². The van der Waals surface area contributed by atoms with Crippen molar-refractivity contribution in [3.05, 3.63) is 48.0 Å². The normalized spacial score (nSPS) is 11.3. The summed E-state index contributed by atoms with van der Waals surface area (Å²) in [6.45, 7) is 2.05. The Balaban J connectivity index is 0.000000284. The van der Waals surface area contributed by atoms with Crippen LogP contribution in [0.1, 0.15) is 11.3 Å². The minimum Gasteiger partial charge on any atom is -0.741 e. The fraction of sp³-hybridized carbons (Fsp3) is 0.231. The molecule has 0 amide bonds. The third-order valence-electron chi connectivity index (χ3n) is 2.64. The smallest absolute Gasteiger partial charge is 0.485 e. The van der Waals surface area contributed by atoms with Gasteiger partial charge in [0.1, 0.15) is 11.8 Å². The van der Waals surface area contributed by atoms with Gasteiger partial charge in [0.25, 0.3) is 0 Å². The Hall–Kier alpha value is -2.38. The van der Waals surface area contributed by atoms with Crippen molar-refractivity contribution in [3.63, 3.8) is 0 Å². The summed E-state index contributed by atoms with van der Waals surface area (Å²) in [5.74, 6) is 0. The number of halogens is 3. The number of hydrogen-bond donors (Lipinski definition) is 0. The number of hydrogen-bond acceptors (Lipinski definition) is 4. The first-order valence-corrected chi connectivity index (χ1v) is 7.43. The average Bonchev–Trinajstić information content (AvgIpc) is 2.78. The zero-order chi connectivity index (χ0) is 17.8. The summed E-state index contributed by atoms with van der Waals surface area (Å²) in [5.41, 5.74) is -2.71. The van der Waals surface area contributed by atoms with Crippen LogP contribution >= 0.6 is 0 Å². The molecular weight excluding hydrogens is 335 g/mol. The van der Waals surface area contributed by atoms with E-state index >= 15 is 0 Å². The van der Waals surface area contributed by atoms with Gasteiger partial charge >= 0.3 is 5.51 Å². The third-order valence-corrected chi connectivity index (χ3v) is 3.20. The lowest BCUT2D eigenvalue weighted by atomic mass is 10.2. The molecule has 0 saturated carbocycles. The minimum atomic E-state index is -6.09. The van der Waals surface area contributed by atoms with Gasteiger partial charge in [-0.15, -0.1) is 0 Å². The van der Waals surface area contributed by atoms with Gasteiger partial charge in [-0.25, -0.2) is 17.6 Å². The lowest BCUT2D eigenvalue weighted by Gasteiger charge is -2.08. The summed E-state index contributed by atoms with van der Waals surface area (Å²) in [4.78, 5) is 0. The first kappa shape index (κ1) is 18.7. The van der Waals surface area contributed by atoms with Gasteiger partial charge in [0, 0.05) is 0 Å². The van der Waals surface area contributed by atoms with Gasteiger partial charge in [-0.3, -0.25) is 0 Å². The summed E-state index contributed by atoms with van der Waals surface area (Å²) < 4.78 is 62.7. The summed E-state index contributed by atoms with van der Waals surface area (Å²) in [6, 6.07) is 10.3. The highest BCUT2D eigenvalue weighted by molar-refractivity contribution is 7.86. The predicted molar refractivity (Wildman–Crippen MR) is 72.1 cm³/mol. The topological polar surface area (TPSA) is 89.8 Å². The Kier molecular flexibility index (Phi) is 5.52. The Bertz CT molecular complexity index is 836. The van der Waals surface area contributed by atoms with Gasteiger partial charge in [0.2, 0.25) is 12.0 Å². The van der Waals surface area contributed by atoms with Crippen LogP contribution in [0.4, 0.5) is 13.2 Å². The molecule has 0 unspecified atom stereocenters. The number of nitrogens with zero attached hydrogens (tertiary/aromatic N) is 3. The van der Waals surface area contributed by atoms with E-state index in [9.17, 15) is 13.2 Å². The number of aryl methyl sites for hydroxylation is 2. The molecule has 2 aromatic rings. The Morgan fingerprint density at radius 1 is 1.35 bits per heavy atom. The molecule has 0 saturated heterocycles. The van der Waals surface area contributed by atoms with E-state index < -0.39 is 15.6 Å². The maximum atomic E-state index is 10.7. The van der Waals surface area contributed by atoms with E-state index in [-0.39, 0.29) is 0 Å². The highest BCUT2D eigenvalue weighted by Crippen LogP contribution is 2.20. The van der Waals surface area contributed by atoms with Crippen LogP contribution in [-0.2, 0) is 17.2 Å². The van der Waals surface area contributed by atoms with E-state index in [1.54, 1.807) is 0 Å². The van der Waals surface area contributed by atoms with Crippen molar-refractivity contribution in [2.24, 2.45) is 7.05 Å². The number of imidazole rings is 1. The predicted octanol–water partition coefficient (Wildman–Crippen LogP) is 1.53. The van der Waals surface area contributed by atoms with Crippen molar-refractivity contribution in [1.82, 2.24) is 4.57 Å². The Labute approximate surface area is 130 Å². The monoisotopic (exact) mass is 347 g/mol. The van der Waals surface area contributed by atoms with Gasteiger partial charge in [-0.2, -0.15) is 18.4 Å². The molecule has 0 radical (unpaired) electrons. The molecule has 0 atom stereocenters. The number of benzene rings is 1. The summed E-state index contributed by atoms with van der Waals surface area (Å²) in [7, 11) is -4.22. The van der Waals surface area contributed by atoms with E-state index in [0.29, 0.717) is 5.69 Å². The zero-order valence-electron chi connectivity index (χ0n) is 12.1. The molecule has 1 heterocycles. The van der Waals surface area contributed by atoms with Crippen molar-refractivity contribution in [2.75, 3.05) is 0 Å². The van der Waals surface area contributed by atoms with Crippen LogP contribution in [0.2, 0.25) is 0 Å². The van der Waals surface area contributed by atoms with Crippen LogP contribution in [0.25, 0.3) is 5.69 Å². The fourth-order valence-corrected chi connectivity index (χ4v) is 1.54. The van der Waals surface area contributed by atoms with Gasteiger partial charge in [0.15, 0.2) is 16.3 Å². The van der Waals surface area contributed by atoms with Crippen LogP contribution < -0.4 is 4.57 Å². The molecule has 2 rings (SSSR count). The molecule has 1 aromatic carbocycles. The summed E-state index contributed by atoms with van der Waals surface area (Å²) in [5, 5.41) is 8.85. The van der Waals surface area contributed by atoms with E-state index in [1.807, 2.05) is 40.8 Å². The first-order valence-electron chi connectivity index (χ1n) is 6.02. The summed E-state index contributed by atoms with van der Waals surface area (Å²) >= 11 is 0. The molecule has 10 heteroatoms. The minimum absolute atomic E-state index is 0.650. The molecule has 1 aromatic heterocycles. The number of alkyl halides is 3. The molecule has 0 aliphatic rings. The fourth-order valence-electron chi connectivity index (χ4n) is 1.54. The van der Waals surface area contributed by atoms with Crippen LogP contribution in [0.5, 0.6) is 0 Å². The zero-order valence-corrected chi connectivity index (χ0v) is 12.9. The maximum absolute atomic E-state index is 10.7. The molecule has 0 bridgehead atoms. The third kappa shape index (κ3) is 5.08. The lowest BCUT2D eigenvalue weighted by molar-refractivity contribution is -0.673. The van der Waals surface area contributed by atoms with Gasteiger partial charge in [0.05, 0.1) is 7.05 Å².